The molecule has 7 nitrogen and oxygen atoms in total. The van der Waals surface area contributed by atoms with Crippen molar-refractivity contribution in [2.75, 3.05) is 0 Å². The number of phenolic OH excluding ortho intramolecular Hbond substituents is 1. The number of hydrogen-bond acceptors (Lipinski definition) is 6. The molecule has 0 aliphatic heterocycles. The van der Waals surface area contributed by atoms with Crippen molar-refractivity contribution < 1.29 is 34.8 Å². The third-order valence-corrected chi connectivity index (χ3v) is 2.64. The molecule has 0 unspecified atom stereocenters. The molecule has 0 atom stereocenters. The number of aromatic carboxylic acids is 1. The maximum Gasteiger partial charge on any atom is 0.343 e. The number of carboxylic acids is 1. The summed E-state index contributed by atoms with van der Waals surface area (Å²) in [5, 5.41) is 37.1. The quantitative estimate of drug-likeness (QED) is 0.501. The molecule has 4 N–H and O–H groups in total. The number of hydrogen-bond donors (Lipinski definition) is 4. The van der Waals surface area contributed by atoms with E-state index in [4.69, 9.17) is 14.9 Å². The van der Waals surface area contributed by atoms with Gasteiger partial charge in [-0.05, 0) is 36.4 Å². The number of esters is 1. The van der Waals surface area contributed by atoms with E-state index in [0.29, 0.717) is 0 Å². The van der Waals surface area contributed by atoms with E-state index in [1.54, 1.807) is 0 Å². The standard InChI is InChI=1S/C14H10O7/c15-8-3-1-7(2-4-8)14(20)21-10-6-5-9(16)11(12(10)17)13(18)19/h1-6,15-17H,(H,18,19). The SMILES string of the molecule is O=C(Oc1ccc(O)c(C(=O)O)c1O)c1ccc(O)cc1. The van der Waals surface area contributed by atoms with Gasteiger partial charge in [0.05, 0.1) is 5.56 Å². The largest absolute Gasteiger partial charge is 0.508 e. The third-order valence-electron chi connectivity index (χ3n) is 2.64. The Hall–Kier alpha value is -3.22. The number of rotatable bonds is 3. The highest BCUT2D eigenvalue weighted by Gasteiger charge is 2.21. The Balaban J connectivity index is 2.32. The lowest BCUT2D eigenvalue weighted by molar-refractivity contribution is 0.0677. The van der Waals surface area contributed by atoms with E-state index in [-0.39, 0.29) is 11.3 Å². The molecule has 0 spiro atoms. The van der Waals surface area contributed by atoms with Crippen molar-refractivity contribution in [3.63, 3.8) is 0 Å². The fraction of sp³-hybridized carbons (Fsp3) is 0. The van der Waals surface area contributed by atoms with Gasteiger partial charge in [-0.1, -0.05) is 0 Å². The Morgan fingerprint density at radius 3 is 2.10 bits per heavy atom. The molecule has 0 aromatic heterocycles. The average Bonchev–Trinajstić information content (AvgIpc) is 2.42. The van der Waals surface area contributed by atoms with E-state index in [1.807, 2.05) is 0 Å². The highest BCUT2D eigenvalue weighted by molar-refractivity contribution is 5.96. The van der Waals surface area contributed by atoms with Crippen LogP contribution in [0.1, 0.15) is 20.7 Å². The second kappa shape index (κ2) is 5.41. The molecular weight excluding hydrogens is 280 g/mol. The minimum Gasteiger partial charge on any atom is -0.508 e. The van der Waals surface area contributed by atoms with Gasteiger partial charge in [-0.25, -0.2) is 9.59 Å². The molecule has 7 heteroatoms. The summed E-state index contributed by atoms with van der Waals surface area (Å²) < 4.78 is 4.87. The van der Waals surface area contributed by atoms with Crippen LogP contribution in [0.5, 0.6) is 23.0 Å². The normalized spacial score (nSPS) is 10.1. The van der Waals surface area contributed by atoms with Gasteiger partial charge in [0, 0.05) is 0 Å². The summed E-state index contributed by atoms with van der Waals surface area (Å²) in [7, 11) is 0. The van der Waals surface area contributed by atoms with Crippen molar-refractivity contribution in [2.45, 2.75) is 0 Å². The summed E-state index contributed by atoms with van der Waals surface area (Å²) >= 11 is 0. The number of ether oxygens (including phenoxy) is 1. The molecule has 0 aliphatic rings. The number of carboxylic acid groups (broad SMARTS) is 1. The fourth-order valence-corrected chi connectivity index (χ4v) is 1.61. The average molecular weight is 290 g/mol. The van der Waals surface area contributed by atoms with E-state index < -0.39 is 34.8 Å². The lowest BCUT2D eigenvalue weighted by Gasteiger charge is -2.09. The van der Waals surface area contributed by atoms with Gasteiger partial charge in [-0.15, -0.1) is 0 Å². The van der Waals surface area contributed by atoms with Gasteiger partial charge in [0.2, 0.25) is 0 Å². The Kier molecular flexibility index (Phi) is 3.66. The van der Waals surface area contributed by atoms with Gasteiger partial charge in [-0.2, -0.15) is 0 Å². The van der Waals surface area contributed by atoms with Crippen LogP contribution in [0, 0.1) is 0 Å². The summed E-state index contributed by atoms with van der Waals surface area (Å²) in [6.45, 7) is 0. The first-order valence-electron chi connectivity index (χ1n) is 5.69. The van der Waals surface area contributed by atoms with Crippen LogP contribution in [0.15, 0.2) is 36.4 Å². The third kappa shape index (κ3) is 2.86. The molecule has 2 aromatic carbocycles. The smallest absolute Gasteiger partial charge is 0.343 e. The number of phenols is 3. The Morgan fingerprint density at radius 1 is 0.905 bits per heavy atom. The molecular formula is C14H10O7. The first-order valence-corrected chi connectivity index (χ1v) is 5.69. The van der Waals surface area contributed by atoms with Gasteiger partial charge < -0.3 is 25.2 Å². The fourth-order valence-electron chi connectivity index (χ4n) is 1.61. The maximum atomic E-state index is 11.8. The van der Waals surface area contributed by atoms with E-state index in [0.717, 1.165) is 12.1 Å². The first-order chi connectivity index (χ1) is 9.90. The lowest BCUT2D eigenvalue weighted by Crippen LogP contribution is -2.09. The van der Waals surface area contributed by atoms with Gasteiger partial charge >= 0.3 is 11.9 Å². The number of carbonyl (C=O) groups is 2. The van der Waals surface area contributed by atoms with Crippen LogP contribution in [-0.2, 0) is 0 Å². The van der Waals surface area contributed by atoms with E-state index in [1.165, 1.54) is 24.3 Å². The summed E-state index contributed by atoms with van der Waals surface area (Å²) in [5.74, 6) is -4.35. The van der Waals surface area contributed by atoms with Crippen LogP contribution < -0.4 is 4.74 Å². The predicted octanol–water partition coefficient (Wildman–Crippen LogP) is 1.72. The second-order valence-electron chi connectivity index (χ2n) is 4.05. The molecule has 108 valence electrons. The number of carbonyl (C=O) groups excluding carboxylic acids is 1. The molecule has 0 fully saturated rings. The topological polar surface area (TPSA) is 124 Å². The summed E-state index contributed by atoms with van der Waals surface area (Å²) in [6.07, 6.45) is 0. The summed E-state index contributed by atoms with van der Waals surface area (Å²) in [4.78, 5) is 22.7. The zero-order chi connectivity index (χ0) is 15.6. The molecule has 0 heterocycles. The van der Waals surface area contributed by atoms with Crippen molar-refractivity contribution in [3.8, 4) is 23.0 Å². The number of aromatic hydroxyl groups is 3. The molecule has 0 saturated heterocycles. The van der Waals surface area contributed by atoms with Crippen molar-refractivity contribution >= 4 is 11.9 Å². The molecule has 0 aliphatic carbocycles. The van der Waals surface area contributed by atoms with Crippen LogP contribution >= 0.6 is 0 Å². The molecule has 2 aromatic rings. The molecule has 0 radical (unpaired) electrons. The van der Waals surface area contributed by atoms with E-state index in [9.17, 15) is 19.8 Å². The molecule has 0 amide bonds. The minimum atomic E-state index is -1.56. The Labute approximate surface area is 118 Å². The van der Waals surface area contributed by atoms with Crippen LogP contribution in [0.3, 0.4) is 0 Å². The van der Waals surface area contributed by atoms with E-state index >= 15 is 0 Å². The highest BCUT2D eigenvalue weighted by Crippen LogP contribution is 2.36. The zero-order valence-electron chi connectivity index (χ0n) is 10.5. The van der Waals surface area contributed by atoms with Crippen molar-refractivity contribution in [1.82, 2.24) is 0 Å². The summed E-state index contributed by atoms with van der Waals surface area (Å²) in [5.41, 5.74) is -0.664. The van der Waals surface area contributed by atoms with Crippen molar-refractivity contribution in [1.29, 1.82) is 0 Å². The van der Waals surface area contributed by atoms with Gasteiger partial charge in [-0.3, -0.25) is 0 Å². The zero-order valence-corrected chi connectivity index (χ0v) is 10.5. The van der Waals surface area contributed by atoms with E-state index in [2.05, 4.69) is 0 Å². The number of benzene rings is 2. The first kappa shape index (κ1) is 14.2. The van der Waals surface area contributed by atoms with Gasteiger partial charge in [0.15, 0.2) is 11.5 Å². The lowest BCUT2D eigenvalue weighted by atomic mass is 10.1. The Morgan fingerprint density at radius 2 is 1.52 bits per heavy atom. The second-order valence-corrected chi connectivity index (χ2v) is 4.05. The van der Waals surface area contributed by atoms with Crippen molar-refractivity contribution in [3.05, 3.63) is 47.5 Å². The van der Waals surface area contributed by atoms with Crippen LogP contribution in [0.25, 0.3) is 0 Å². The molecule has 2 rings (SSSR count). The summed E-state index contributed by atoms with van der Waals surface area (Å²) in [6, 6.07) is 7.20. The Bertz CT molecular complexity index is 704. The highest BCUT2D eigenvalue weighted by atomic mass is 16.5. The molecule has 0 bridgehead atoms. The minimum absolute atomic E-state index is 0.0350. The van der Waals surface area contributed by atoms with Crippen LogP contribution in [0.2, 0.25) is 0 Å². The van der Waals surface area contributed by atoms with Crippen LogP contribution in [0.4, 0.5) is 0 Å². The molecule has 0 saturated carbocycles. The maximum absolute atomic E-state index is 11.8. The molecule has 21 heavy (non-hydrogen) atoms. The van der Waals surface area contributed by atoms with Gasteiger partial charge in [0.25, 0.3) is 0 Å². The monoisotopic (exact) mass is 290 g/mol. The predicted molar refractivity (Wildman–Crippen MR) is 69.8 cm³/mol. The van der Waals surface area contributed by atoms with Gasteiger partial charge in [0.1, 0.15) is 17.1 Å². The van der Waals surface area contributed by atoms with Crippen molar-refractivity contribution in [2.24, 2.45) is 0 Å². The van der Waals surface area contributed by atoms with Crippen LogP contribution in [-0.4, -0.2) is 32.4 Å².